The lowest BCUT2D eigenvalue weighted by atomic mass is 10.1. The quantitative estimate of drug-likeness (QED) is 0.805. The molecule has 3 nitrogen and oxygen atoms in total. The van der Waals surface area contributed by atoms with Crippen LogP contribution in [-0.2, 0) is 0 Å². The monoisotopic (exact) mass is 379 g/mol. The second-order valence-corrected chi connectivity index (χ2v) is 6.39. The zero-order chi connectivity index (χ0) is 14.1. The third kappa shape index (κ3) is 2.66. The number of hydrogen-bond acceptors (Lipinski definition) is 3. The minimum atomic E-state index is 0.534. The normalized spacial score (nSPS) is 20.8. The molecule has 1 aliphatic rings. The van der Waals surface area contributed by atoms with Crippen LogP contribution in [0, 0.1) is 9.49 Å². The SMILES string of the molecule is CCNc1nc(C2CC2C)nc(-c2ccccc2)c1I. The van der Waals surface area contributed by atoms with E-state index < -0.39 is 0 Å². The van der Waals surface area contributed by atoms with E-state index in [0.29, 0.717) is 11.8 Å². The molecule has 0 radical (unpaired) electrons. The highest BCUT2D eigenvalue weighted by atomic mass is 127. The van der Waals surface area contributed by atoms with E-state index in [4.69, 9.17) is 9.97 Å². The lowest BCUT2D eigenvalue weighted by molar-refractivity contribution is 0.842. The van der Waals surface area contributed by atoms with Crippen LogP contribution in [0.1, 0.15) is 32.0 Å². The first-order valence-electron chi connectivity index (χ1n) is 7.07. The fraction of sp³-hybridized carbons (Fsp3) is 0.375. The Morgan fingerprint density at radius 1 is 1.25 bits per heavy atom. The molecule has 2 unspecified atom stereocenters. The highest BCUT2D eigenvalue weighted by Crippen LogP contribution is 2.46. The molecule has 1 aliphatic carbocycles. The minimum absolute atomic E-state index is 0.534. The predicted octanol–water partition coefficient (Wildman–Crippen LogP) is 4.30. The Morgan fingerprint density at radius 3 is 2.55 bits per heavy atom. The van der Waals surface area contributed by atoms with Crippen LogP contribution >= 0.6 is 22.6 Å². The molecule has 3 rings (SSSR count). The molecule has 1 heterocycles. The van der Waals surface area contributed by atoms with Gasteiger partial charge in [-0.3, -0.25) is 0 Å². The van der Waals surface area contributed by atoms with Crippen LogP contribution in [-0.4, -0.2) is 16.5 Å². The first-order valence-corrected chi connectivity index (χ1v) is 8.15. The van der Waals surface area contributed by atoms with Crippen molar-refractivity contribution < 1.29 is 0 Å². The zero-order valence-corrected chi connectivity index (χ0v) is 13.9. The fourth-order valence-electron chi connectivity index (χ4n) is 2.38. The summed E-state index contributed by atoms with van der Waals surface area (Å²) in [6.45, 7) is 5.24. The van der Waals surface area contributed by atoms with Gasteiger partial charge >= 0.3 is 0 Å². The molecule has 0 spiro atoms. The van der Waals surface area contributed by atoms with E-state index >= 15 is 0 Å². The van der Waals surface area contributed by atoms with Crippen LogP contribution in [0.4, 0.5) is 5.82 Å². The Balaban J connectivity index is 2.09. The van der Waals surface area contributed by atoms with Crippen LogP contribution in [0.2, 0.25) is 0 Å². The minimum Gasteiger partial charge on any atom is -0.369 e. The Bertz CT molecular complexity index is 613. The maximum Gasteiger partial charge on any atom is 0.143 e. The fourth-order valence-corrected chi connectivity index (χ4v) is 3.13. The van der Waals surface area contributed by atoms with Crippen molar-refractivity contribution in [2.45, 2.75) is 26.2 Å². The van der Waals surface area contributed by atoms with Gasteiger partial charge in [0.1, 0.15) is 11.6 Å². The van der Waals surface area contributed by atoms with Gasteiger partial charge in [-0.15, -0.1) is 0 Å². The third-order valence-electron chi connectivity index (χ3n) is 3.70. The third-order valence-corrected chi connectivity index (χ3v) is 4.72. The van der Waals surface area contributed by atoms with Crippen LogP contribution in [0.15, 0.2) is 30.3 Å². The van der Waals surface area contributed by atoms with Crippen molar-refractivity contribution in [1.82, 2.24) is 9.97 Å². The predicted molar refractivity (Wildman–Crippen MR) is 90.9 cm³/mol. The summed E-state index contributed by atoms with van der Waals surface area (Å²) >= 11 is 2.35. The average Bonchev–Trinajstić information content (AvgIpc) is 3.19. The summed E-state index contributed by atoms with van der Waals surface area (Å²) in [4.78, 5) is 9.57. The molecule has 0 aliphatic heterocycles. The summed E-state index contributed by atoms with van der Waals surface area (Å²) in [6.07, 6.45) is 1.21. The van der Waals surface area contributed by atoms with E-state index in [1.165, 1.54) is 6.42 Å². The molecule has 0 saturated heterocycles. The molecule has 1 saturated carbocycles. The van der Waals surface area contributed by atoms with Gasteiger partial charge in [0.2, 0.25) is 0 Å². The lowest BCUT2D eigenvalue weighted by Crippen LogP contribution is -2.07. The molecule has 20 heavy (non-hydrogen) atoms. The summed E-state index contributed by atoms with van der Waals surface area (Å²) in [7, 11) is 0. The second kappa shape index (κ2) is 5.68. The van der Waals surface area contributed by atoms with E-state index in [1.807, 2.05) is 6.07 Å². The van der Waals surface area contributed by atoms with Gasteiger partial charge in [0.05, 0.1) is 9.26 Å². The van der Waals surface area contributed by atoms with Crippen molar-refractivity contribution in [3.63, 3.8) is 0 Å². The molecule has 2 aromatic rings. The highest BCUT2D eigenvalue weighted by Gasteiger charge is 2.37. The molecule has 1 aromatic heterocycles. The van der Waals surface area contributed by atoms with Crippen molar-refractivity contribution in [3.8, 4) is 11.3 Å². The van der Waals surface area contributed by atoms with E-state index in [9.17, 15) is 0 Å². The van der Waals surface area contributed by atoms with Gasteiger partial charge in [-0.1, -0.05) is 37.3 Å². The number of anilines is 1. The number of rotatable bonds is 4. The Labute approximate surface area is 133 Å². The van der Waals surface area contributed by atoms with Crippen LogP contribution in [0.3, 0.4) is 0 Å². The van der Waals surface area contributed by atoms with Crippen LogP contribution in [0.25, 0.3) is 11.3 Å². The molecule has 0 bridgehead atoms. The maximum atomic E-state index is 4.84. The first kappa shape index (κ1) is 13.8. The van der Waals surface area contributed by atoms with E-state index in [2.05, 4.69) is 66.0 Å². The van der Waals surface area contributed by atoms with Gasteiger partial charge in [0.15, 0.2) is 0 Å². The smallest absolute Gasteiger partial charge is 0.143 e. The van der Waals surface area contributed by atoms with Gasteiger partial charge in [-0.2, -0.15) is 0 Å². The van der Waals surface area contributed by atoms with Gasteiger partial charge in [-0.05, 0) is 41.9 Å². The number of nitrogens with one attached hydrogen (secondary N) is 1. The highest BCUT2D eigenvalue weighted by molar-refractivity contribution is 14.1. The summed E-state index contributed by atoms with van der Waals surface area (Å²) in [5.41, 5.74) is 2.21. The molecule has 1 N–H and O–H groups in total. The number of benzene rings is 1. The van der Waals surface area contributed by atoms with Crippen LogP contribution in [0.5, 0.6) is 0 Å². The maximum absolute atomic E-state index is 4.84. The largest absolute Gasteiger partial charge is 0.369 e. The summed E-state index contributed by atoms with van der Waals surface area (Å²) in [5.74, 6) is 3.21. The lowest BCUT2D eigenvalue weighted by Gasteiger charge is -2.12. The average molecular weight is 379 g/mol. The van der Waals surface area contributed by atoms with Gasteiger partial charge in [-0.25, -0.2) is 9.97 Å². The number of nitrogens with zero attached hydrogens (tertiary/aromatic N) is 2. The van der Waals surface area contributed by atoms with Crippen molar-refractivity contribution in [1.29, 1.82) is 0 Å². The summed E-state index contributed by atoms with van der Waals surface area (Å²) in [6, 6.07) is 10.4. The van der Waals surface area contributed by atoms with E-state index in [0.717, 1.165) is 33.0 Å². The van der Waals surface area contributed by atoms with Crippen molar-refractivity contribution in [2.75, 3.05) is 11.9 Å². The number of halogens is 1. The van der Waals surface area contributed by atoms with Crippen LogP contribution < -0.4 is 5.32 Å². The van der Waals surface area contributed by atoms with Crippen molar-refractivity contribution in [2.24, 2.45) is 5.92 Å². The van der Waals surface area contributed by atoms with E-state index in [-0.39, 0.29) is 0 Å². The molecule has 4 heteroatoms. The van der Waals surface area contributed by atoms with Crippen molar-refractivity contribution >= 4 is 28.4 Å². The van der Waals surface area contributed by atoms with E-state index in [1.54, 1.807) is 0 Å². The molecule has 1 aromatic carbocycles. The second-order valence-electron chi connectivity index (χ2n) is 5.31. The molecular weight excluding hydrogens is 361 g/mol. The number of hydrogen-bond donors (Lipinski definition) is 1. The van der Waals surface area contributed by atoms with Gasteiger partial charge in [0.25, 0.3) is 0 Å². The van der Waals surface area contributed by atoms with Gasteiger partial charge < -0.3 is 5.32 Å². The molecule has 2 atom stereocenters. The van der Waals surface area contributed by atoms with Crippen molar-refractivity contribution in [3.05, 3.63) is 39.7 Å². The summed E-state index contributed by atoms with van der Waals surface area (Å²) in [5, 5.41) is 3.37. The topological polar surface area (TPSA) is 37.8 Å². The summed E-state index contributed by atoms with van der Waals surface area (Å²) < 4.78 is 1.10. The molecular formula is C16H18IN3. The molecule has 0 amide bonds. The van der Waals surface area contributed by atoms with Gasteiger partial charge in [0, 0.05) is 18.0 Å². The number of aromatic nitrogens is 2. The molecule has 104 valence electrons. The molecule has 1 fully saturated rings. The zero-order valence-electron chi connectivity index (χ0n) is 11.7. The standard InChI is InChI=1S/C16H18IN3/c1-3-18-16-13(17)14(11-7-5-4-6-8-11)19-15(20-16)12-9-10(12)2/h4-8,10,12H,3,9H2,1-2H3,(H,18,19,20). The Hall–Kier alpha value is -1.17. The first-order chi connectivity index (χ1) is 9.70. The Morgan fingerprint density at radius 2 is 1.95 bits per heavy atom. The Kier molecular flexibility index (Phi) is 3.92.